The minimum atomic E-state index is -5.16. The molecule has 1 heterocycles. The fourth-order valence-corrected chi connectivity index (χ4v) is 4.20. The molecule has 0 bridgehead atoms. The lowest BCUT2D eigenvalue weighted by Gasteiger charge is -2.27. The third-order valence-corrected chi connectivity index (χ3v) is 6.26. The maximum Gasteiger partial charge on any atom is 0.491 e. The standard InChI is InChI=1S/C29H34F3N3O5/c1-20(2)35(26(37)14-19-39-18-13-21-6-4-3-5-7-21)17-16-33-15-12-22-8-10-24(40-28(38)29(30,31)32)27-23(22)9-11-25(36)34-27/h3-11,20,33H,12-19H2,1-2H3,(H,34,36). The van der Waals surface area contributed by atoms with Gasteiger partial charge in [-0.2, -0.15) is 13.2 Å². The van der Waals surface area contributed by atoms with Crippen LogP contribution in [0.15, 0.2) is 59.4 Å². The van der Waals surface area contributed by atoms with Crippen LogP contribution in [0, 0.1) is 0 Å². The summed E-state index contributed by atoms with van der Waals surface area (Å²) in [4.78, 5) is 40.1. The van der Waals surface area contributed by atoms with Crippen LogP contribution in [0.1, 0.15) is 31.4 Å². The second-order valence-corrected chi connectivity index (χ2v) is 9.50. The van der Waals surface area contributed by atoms with Crippen molar-refractivity contribution in [2.75, 3.05) is 32.8 Å². The van der Waals surface area contributed by atoms with Crippen LogP contribution in [0.4, 0.5) is 13.2 Å². The zero-order chi connectivity index (χ0) is 29.1. The number of fused-ring (bicyclic) bond motifs is 1. The maximum atomic E-state index is 12.7. The molecule has 1 aromatic heterocycles. The molecular weight excluding hydrogens is 527 g/mol. The fraction of sp³-hybridized carbons (Fsp3) is 0.414. The first-order chi connectivity index (χ1) is 19.1. The van der Waals surface area contributed by atoms with Gasteiger partial charge in [-0.1, -0.05) is 36.4 Å². The summed E-state index contributed by atoms with van der Waals surface area (Å²) < 4.78 is 48.1. The molecule has 0 saturated carbocycles. The quantitative estimate of drug-likeness (QED) is 0.175. The number of nitrogens with zero attached hydrogens (tertiary/aromatic N) is 1. The molecule has 2 aromatic carbocycles. The molecule has 0 atom stereocenters. The lowest BCUT2D eigenvalue weighted by molar-refractivity contribution is -0.189. The number of nitrogens with one attached hydrogen (secondary N) is 2. The molecule has 0 aliphatic rings. The van der Waals surface area contributed by atoms with Crippen molar-refractivity contribution in [1.82, 2.24) is 15.2 Å². The Labute approximate surface area is 230 Å². The number of hydrogen-bond donors (Lipinski definition) is 2. The normalized spacial score (nSPS) is 11.7. The number of H-pyrrole nitrogens is 1. The number of carbonyl (C=O) groups excluding carboxylic acids is 2. The predicted octanol–water partition coefficient (Wildman–Crippen LogP) is 4.01. The highest BCUT2D eigenvalue weighted by Gasteiger charge is 2.41. The lowest BCUT2D eigenvalue weighted by atomic mass is 10.0. The third-order valence-electron chi connectivity index (χ3n) is 6.26. The van der Waals surface area contributed by atoms with Crippen molar-refractivity contribution in [3.63, 3.8) is 0 Å². The zero-order valence-electron chi connectivity index (χ0n) is 22.6. The highest BCUT2D eigenvalue weighted by Crippen LogP contribution is 2.28. The molecule has 0 unspecified atom stereocenters. The van der Waals surface area contributed by atoms with Crippen molar-refractivity contribution in [2.45, 2.75) is 45.3 Å². The third kappa shape index (κ3) is 9.20. The summed E-state index contributed by atoms with van der Waals surface area (Å²) in [5.41, 5.74) is 1.41. The Balaban J connectivity index is 1.47. The van der Waals surface area contributed by atoms with Crippen LogP contribution < -0.4 is 15.6 Å². The number of benzene rings is 2. The molecular formula is C29H34F3N3O5. The number of amides is 1. The van der Waals surface area contributed by atoms with E-state index in [0.29, 0.717) is 51.1 Å². The Morgan fingerprint density at radius 2 is 1.73 bits per heavy atom. The van der Waals surface area contributed by atoms with Gasteiger partial charge < -0.3 is 24.7 Å². The first-order valence-corrected chi connectivity index (χ1v) is 13.1. The van der Waals surface area contributed by atoms with Crippen LogP contribution in [0.5, 0.6) is 5.75 Å². The molecule has 1 amide bonds. The van der Waals surface area contributed by atoms with Gasteiger partial charge in [-0.05, 0) is 56.5 Å². The molecule has 3 aromatic rings. The van der Waals surface area contributed by atoms with Crippen molar-refractivity contribution >= 4 is 22.8 Å². The highest BCUT2D eigenvalue weighted by molar-refractivity contribution is 5.90. The summed E-state index contributed by atoms with van der Waals surface area (Å²) in [5.74, 6) is -2.73. The number of ether oxygens (including phenoxy) is 2. The summed E-state index contributed by atoms with van der Waals surface area (Å²) in [6.07, 6.45) is -3.59. The van der Waals surface area contributed by atoms with Gasteiger partial charge in [-0.15, -0.1) is 0 Å². The van der Waals surface area contributed by atoms with E-state index >= 15 is 0 Å². The molecule has 0 aliphatic carbocycles. The van der Waals surface area contributed by atoms with Crippen molar-refractivity contribution in [1.29, 1.82) is 0 Å². The number of alkyl halides is 3. The molecule has 216 valence electrons. The van der Waals surface area contributed by atoms with Gasteiger partial charge in [0, 0.05) is 30.6 Å². The number of rotatable bonds is 14. The van der Waals surface area contributed by atoms with E-state index in [0.717, 1.165) is 12.0 Å². The number of halogens is 3. The van der Waals surface area contributed by atoms with Crippen molar-refractivity contribution in [2.24, 2.45) is 0 Å². The molecule has 0 fully saturated rings. The fourth-order valence-electron chi connectivity index (χ4n) is 4.20. The Bertz CT molecular complexity index is 1330. The van der Waals surface area contributed by atoms with Crippen molar-refractivity contribution in [3.8, 4) is 5.75 Å². The Hall–Kier alpha value is -3.70. The predicted molar refractivity (Wildman–Crippen MR) is 145 cm³/mol. The van der Waals surface area contributed by atoms with Crippen LogP contribution in [0.2, 0.25) is 0 Å². The van der Waals surface area contributed by atoms with E-state index in [1.165, 1.54) is 23.8 Å². The molecule has 0 aliphatic heterocycles. The minimum absolute atomic E-state index is 0.00968. The van der Waals surface area contributed by atoms with Gasteiger partial charge in [0.25, 0.3) is 0 Å². The van der Waals surface area contributed by atoms with Crippen LogP contribution in [-0.2, 0) is 27.2 Å². The van der Waals surface area contributed by atoms with E-state index < -0.39 is 17.7 Å². The molecule has 0 spiro atoms. The van der Waals surface area contributed by atoms with Gasteiger partial charge in [0.15, 0.2) is 5.75 Å². The molecule has 40 heavy (non-hydrogen) atoms. The van der Waals surface area contributed by atoms with E-state index in [1.54, 1.807) is 11.0 Å². The second-order valence-electron chi connectivity index (χ2n) is 9.50. The number of carbonyl (C=O) groups is 2. The first kappa shape index (κ1) is 30.8. The average molecular weight is 562 g/mol. The van der Waals surface area contributed by atoms with E-state index in [2.05, 4.69) is 15.0 Å². The largest absolute Gasteiger partial charge is 0.491 e. The van der Waals surface area contributed by atoms with Crippen LogP contribution >= 0.6 is 0 Å². The van der Waals surface area contributed by atoms with Crippen LogP contribution in [-0.4, -0.2) is 66.8 Å². The topological polar surface area (TPSA) is 101 Å². The highest BCUT2D eigenvalue weighted by atomic mass is 19.4. The van der Waals surface area contributed by atoms with E-state index in [9.17, 15) is 27.6 Å². The van der Waals surface area contributed by atoms with Gasteiger partial charge in [0.2, 0.25) is 11.5 Å². The summed E-state index contributed by atoms with van der Waals surface area (Å²) in [6.45, 7) is 6.36. The molecule has 11 heteroatoms. The molecule has 2 N–H and O–H groups in total. The van der Waals surface area contributed by atoms with Crippen LogP contribution in [0.25, 0.3) is 10.9 Å². The summed E-state index contributed by atoms with van der Waals surface area (Å²) in [6, 6.07) is 15.5. The van der Waals surface area contributed by atoms with Gasteiger partial charge in [-0.25, -0.2) is 4.79 Å². The Morgan fingerprint density at radius 1 is 0.975 bits per heavy atom. The van der Waals surface area contributed by atoms with E-state index in [4.69, 9.17) is 4.74 Å². The van der Waals surface area contributed by atoms with Crippen LogP contribution in [0.3, 0.4) is 0 Å². The molecule has 0 radical (unpaired) electrons. The maximum absolute atomic E-state index is 12.7. The van der Waals surface area contributed by atoms with Gasteiger partial charge >= 0.3 is 12.1 Å². The number of hydrogen-bond acceptors (Lipinski definition) is 6. The van der Waals surface area contributed by atoms with Crippen molar-refractivity contribution in [3.05, 3.63) is 76.1 Å². The Morgan fingerprint density at radius 3 is 2.42 bits per heavy atom. The second kappa shape index (κ2) is 14.6. The molecule has 8 nitrogen and oxygen atoms in total. The summed E-state index contributed by atoms with van der Waals surface area (Å²) >= 11 is 0. The van der Waals surface area contributed by atoms with Gasteiger partial charge in [0.1, 0.15) is 0 Å². The number of pyridine rings is 1. The number of aromatic nitrogens is 1. The Kier molecular flexibility index (Phi) is 11.3. The smallest absolute Gasteiger partial charge is 0.418 e. The van der Waals surface area contributed by atoms with E-state index in [1.807, 2.05) is 44.2 Å². The number of esters is 1. The SMILES string of the molecule is CC(C)N(CCNCCc1ccc(OC(=O)C(F)(F)F)c2[nH]c(=O)ccc12)C(=O)CCOCCc1ccccc1. The average Bonchev–Trinajstić information content (AvgIpc) is 2.91. The number of aromatic amines is 1. The van der Waals surface area contributed by atoms with Gasteiger partial charge in [-0.3, -0.25) is 9.59 Å². The monoisotopic (exact) mass is 561 g/mol. The van der Waals surface area contributed by atoms with Crippen molar-refractivity contribution < 1.29 is 32.2 Å². The summed E-state index contributed by atoms with van der Waals surface area (Å²) in [7, 11) is 0. The lowest BCUT2D eigenvalue weighted by Crippen LogP contribution is -2.42. The molecule has 0 saturated heterocycles. The zero-order valence-corrected chi connectivity index (χ0v) is 22.6. The van der Waals surface area contributed by atoms with E-state index in [-0.39, 0.29) is 23.2 Å². The summed E-state index contributed by atoms with van der Waals surface area (Å²) in [5, 5.41) is 3.75. The minimum Gasteiger partial charge on any atom is -0.418 e. The molecule has 3 rings (SSSR count). The van der Waals surface area contributed by atoms with Gasteiger partial charge in [0.05, 0.1) is 25.2 Å². The first-order valence-electron chi connectivity index (χ1n) is 13.1.